The van der Waals surface area contributed by atoms with Gasteiger partial charge in [0.2, 0.25) is 5.91 Å². The second-order valence-electron chi connectivity index (χ2n) is 5.34. The zero-order chi connectivity index (χ0) is 20.4. The number of carbonyl (C=O) groups is 3. The molecule has 27 heavy (non-hydrogen) atoms. The molecule has 0 aliphatic heterocycles. The Balaban J connectivity index is 2.49. The molecule has 2 rings (SSSR count). The van der Waals surface area contributed by atoms with Crippen molar-refractivity contribution in [3.63, 3.8) is 0 Å². The van der Waals surface area contributed by atoms with E-state index < -0.39 is 55.4 Å². The lowest BCUT2D eigenvalue weighted by Gasteiger charge is -2.12. The largest absolute Gasteiger partial charge is 0.478 e. The molecule has 0 aliphatic rings. The van der Waals surface area contributed by atoms with Crippen LogP contribution in [0, 0.1) is 5.82 Å². The number of nitrogens with one attached hydrogen (secondary N) is 2. The average Bonchev–Trinajstić information content (AvgIpc) is 2.56. The van der Waals surface area contributed by atoms with Gasteiger partial charge in [0.05, 0.1) is 21.7 Å². The highest BCUT2D eigenvalue weighted by Crippen LogP contribution is 2.24. The molecule has 0 heterocycles. The molecular weight excluding hydrogens is 383 g/mol. The molecule has 0 fully saturated rings. The summed E-state index contributed by atoms with van der Waals surface area (Å²) in [6, 6.07) is 5.43. The van der Waals surface area contributed by atoms with Gasteiger partial charge in [-0.15, -0.1) is 0 Å². The molecule has 0 aliphatic carbocycles. The first-order valence-electron chi connectivity index (χ1n) is 7.21. The van der Waals surface area contributed by atoms with Crippen LogP contribution < -0.4 is 10.0 Å². The molecular formula is C16H13FN2O7S. The van der Waals surface area contributed by atoms with Crippen LogP contribution in [0.4, 0.5) is 15.8 Å². The summed E-state index contributed by atoms with van der Waals surface area (Å²) in [5, 5.41) is 20.4. The number of anilines is 2. The van der Waals surface area contributed by atoms with Crippen molar-refractivity contribution in [3.8, 4) is 0 Å². The van der Waals surface area contributed by atoms with Crippen molar-refractivity contribution < 1.29 is 37.4 Å². The number of hydrogen-bond donors (Lipinski definition) is 4. The van der Waals surface area contributed by atoms with Gasteiger partial charge in [0.15, 0.2) is 0 Å². The molecule has 0 saturated heterocycles. The Kier molecular flexibility index (Phi) is 5.45. The van der Waals surface area contributed by atoms with E-state index >= 15 is 0 Å². The van der Waals surface area contributed by atoms with Gasteiger partial charge >= 0.3 is 11.9 Å². The second-order valence-corrected chi connectivity index (χ2v) is 7.02. The summed E-state index contributed by atoms with van der Waals surface area (Å²) >= 11 is 0. The Morgan fingerprint density at radius 2 is 1.52 bits per heavy atom. The summed E-state index contributed by atoms with van der Waals surface area (Å²) < 4.78 is 40.8. The predicted molar refractivity (Wildman–Crippen MR) is 91.9 cm³/mol. The van der Waals surface area contributed by atoms with Crippen molar-refractivity contribution in [2.24, 2.45) is 0 Å². The van der Waals surface area contributed by atoms with Gasteiger partial charge in [0.1, 0.15) is 5.82 Å². The quantitative estimate of drug-likeness (QED) is 0.583. The minimum absolute atomic E-state index is 0.118. The van der Waals surface area contributed by atoms with E-state index in [-0.39, 0.29) is 5.69 Å². The van der Waals surface area contributed by atoms with Crippen molar-refractivity contribution in [2.45, 2.75) is 11.8 Å². The van der Waals surface area contributed by atoms with Crippen LogP contribution in [0.3, 0.4) is 0 Å². The highest BCUT2D eigenvalue weighted by atomic mass is 32.2. The first-order chi connectivity index (χ1) is 12.5. The van der Waals surface area contributed by atoms with E-state index in [1.54, 1.807) is 0 Å². The molecule has 1 amide bonds. The number of benzene rings is 2. The third-order valence-electron chi connectivity index (χ3n) is 3.24. The maximum absolute atomic E-state index is 13.9. The topological polar surface area (TPSA) is 150 Å². The summed E-state index contributed by atoms with van der Waals surface area (Å²) in [6.07, 6.45) is 0. The molecule has 0 atom stereocenters. The lowest BCUT2D eigenvalue weighted by molar-refractivity contribution is -0.114. The van der Waals surface area contributed by atoms with Gasteiger partial charge in [-0.1, -0.05) is 0 Å². The molecule has 4 N–H and O–H groups in total. The number of carboxylic acids is 2. The number of carbonyl (C=O) groups excluding carboxylic acids is 1. The van der Waals surface area contributed by atoms with Gasteiger partial charge in [0, 0.05) is 12.6 Å². The summed E-state index contributed by atoms with van der Waals surface area (Å²) in [5.41, 5.74) is -1.53. The first kappa shape index (κ1) is 19.8. The Hall–Kier alpha value is -3.47. The molecule has 0 saturated carbocycles. The number of halogens is 1. The third kappa shape index (κ3) is 4.79. The normalized spacial score (nSPS) is 10.9. The predicted octanol–water partition coefficient (Wildman–Crippen LogP) is 1.98. The van der Waals surface area contributed by atoms with Gasteiger partial charge in [-0.2, -0.15) is 0 Å². The van der Waals surface area contributed by atoms with E-state index in [4.69, 9.17) is 10.2 Å². The van der Waals surface area contributed by atoms with Crippen LogP contribution in [0.15, 0.2) is 41.3 Å². The molecule has 0 radical (unpaired) electrons. The molecule has 0 aromatic heterocycles. The Labute approximate surface area is 152 Å². The van der Waals surface area contributed by atoms with Crippen LogP contribution in [0.5, 0.6) is 0 Å². The van der Waals surface area contributed by atoms with Gasteiger partial charge in [-0.05, 0) is 36.4 Å². The monoisotopic (exact) mass is 396 g/mol. The maximum atomic E-state index is 13.9. The van der Waals surface area contributed by atoms with E-state index in [9.17, 15) is 27.2 Å². The Morgan fingerprint density at radius 1 is 0.963 bits per heavy atom. The van der Waals surface area contributed by atoms with E-state index in [1.807, 2.05) is 4.72 Å². The van der Waals surface area contributed by atoms with E-state index in [0.29, 0.717) is 0 Å². The fourth-order valence-electron chi connectivity index (χ4n) is 2.09. The average molecular weight is 396 g/mol. The van der Waals surface area contributed by atoms with Crippen molar-refractivity contribution in [3.05, 3.63) is 53.3 Å². The number of rotatable bonds is 6. The zero-order valence-electron chi connectivity index (χ0n) is 13.7. The van der Waals surface area contributed by atoms with Crippen molar-refractivity contribution in [2.75, 3.05) is 10.0 Å². The lowest BCUT2D eigenvalue weighted by Crippen LogP contribution is -2.16. The van der Waals surface area contributed by atoms with Gasteiger partial charge in [0.25, 0.3) is 10.0 Å². The van der Waals surface area contributed by atoms with Gasteiger partial charge in [-0.3, -0.25) is 9.52 Å². The van der Waals surface area contributed by atoms with Crippen LogP contribution in [0.2, 0.25) is 0 Å². The third-order valence-corrected chi connectivity index (χ3v) is 4.59. The molecule has 9 nitrogen and oxygen atoms in total. The minimum atomic E-state index is -4.52. The Bertz CT molecular complexity index is 1020. The van der Waals surface area contributed by atoms with Crippen molar-refractivity contribution in [1.29, 1.82) is 0 Å². The minimum Gasteiger partial charge on any atom is -0.478 e. The van der Waals surface area contributed by atoms with Crippen molar-refractivity contribution >= 4 is 39.2 Å². The van der Waals surface area contributed by atoms with E-state index in [1.165, 1.54) is 13.0 Å². The van der Waals surface area contributed by atoms with Crippen LogP contribution in [-0.4, -0.2) is 36.5 Å². The number of carboxylic acid groups (broad SMARTS) is 2. The van der Waals surface area contributed by atoms with Gasteiger partial charge in [-0.25, -0.2) is 22.4 Å². The lowest BCUT2D eigenvalue weighted by atomic mass is 10.1. The highest BCUT2D eigenvalue weighted by molar-refractivity contribution is 7.92. The SMILES string of the molecule is CC(=O)Nc1ccc(F)c(NS(=O)(=O)c2cc(C(=O)O)cc(C(=O)O)c2)c1. The number of aromatic carboxylic acids is 2. The molecule has 11 heteroatoms. The molecule has 2 aromatic rings. The number of sulfonamides is 1. The number of amides is 1. The molecule has 0 unspecified atom stereocenters. The van der Waals surface area contributed by atoms with Crippen LogP contribution in [0.25, 0.3) is 0 Å². The standard InChI is InChI=1S/C16H13FN2O7S/c1-8(20)18-11-2-3-13(17)14(7-11)19-27(25,26)12-5-9(15(21)22)4-10(6-12)16(23)24/h2-7,19H,1H3,(H,18,20)(H,21,22)(H,23,24). The Morgan fingerprint density at radius 3 is 2.00 bits per heavy atom. The molecule has 2 aromatic carbocycles. The fourth-order valence-corrected chi connectivity index (χ4v) is 3.22. The maximum Gasteiger partial charge on any atom is 0.335 e. The fraction of sp³-hybridized carbons (Fsp3) is 0.0625. The zero-order valence-corrected chi connectivity index (χ0v) is 14.5. The van der Waals surface area contributed by atoms with Crippen LogP contribution in [0.1, 0.15) is 27.6 Å². The number of hydrogen-bond acceptors (Lipinski definition) is 5. The molecule has 142 valence electrons. The van der Waals surface area contributed by atoms with E-state index in [0.717, 1.165) is 30.3 Å². The van der Waals surface area contributed by atoms with E-state index in [2.05, 4.69) is 5.32 Å². The summed E-state index contributed by atoms with van der Waals surface area (Å²) in [4.78, 5) is 32.6. The summed E-state index contributed by atoms with van der Waals surface area (Å²) in [7, 11) is -4.52. The van der Waals surface area contributed by atoms with Crippen molar-refractivity contribution in [1.82, 2.24) is 0 Å². The molecule has 0 bridgehead atoms. The smallest absolute Gasteiger partial charge is 0.335 e. The summed E-state index contributed by atoms with van der Waals surface area (Å²) in [5.74, 6) is -4.49. The second kappa shape index (κ2) is 7.41. The highest BCUT2D eigenvalue weighted by Gasteiger charge is 2.21. The van der Waals surface area contributed by atoms with Crippen LogP contribution in [-0.2, 0) is 14.8 Å². The first-order valence-corrected chi connectivity index (χ1v) is 8.69. The van der Waals surface area contributed by atoms with Crippen LogP contribution >= 0.6 is 0 Å². The summed E-state index contributed by atoms with van der Waals surface area (Å²) in [6.45, 7) is 1.21. The van der Waals surface area contributed by atoms with Gasteiger partial charge < -0.3 is 15.5 Å². The molecule has 0 spiro atoms.